The maximum atomic E-state index is 12.6. The number of thiophene rings is 1. The molecular weight excluding hydrogens is 370 g/mol. The fourth-order valence-corrected chi connectivity index (χ4v) is 4.54. The molecule has 1 fully saturated rings. The van der Waals surface area contributed by atoms with Gasteiger partial charge in [0.15, 0.2) is 0 Å². The van der Waals surface area contributed by atoms with Crippen LogP contribution in [0.15, 0.2) is 46.6 Å². The number of pyridine rings is 1. The quantitative estimate of drug-likeness (QED) is 0.738. The number of hydrogen-bond donors (Lipinski definition) is 1. The summed E-state index contributed by atoms with van der Waals surface area (Å²) in [6.45, 7) is 5.82. The highest BCUT2D eigenvalue weighted by Crippen LogP contribution is 2.17. The Balaban J connectivity index is 1.42. The fraction of sp³-hybridized carbons (Fsp3) is 0.364. The minimum absolute atomic E-state index is 0.0170. The molecule has 3 heterocycles. The van der Waals surface area contributed by atoms with Crippen LogP contribution in [0.4, 0.5) is 0 Å². The van der Waals surface area contributed by atoms with Gasteiger partial charge in [-0.05, 0) is 41.8 Å². The number of benzene rings is 1. The molecule has 0 unspecified atom stereocenters. The van der Waals surface area contributed by atoms with Gasteiger partial charge in [0.1, 0.15) is 0 Å². The predicted molar refractivity (Wildman–Crippen MR) is 114 cm³/mol. The van der Waals surface area contributed by atoms with Crippen LogP contribution in [0.1, 0.15) is 22.4 Å². The Morgan fingerprint density at radius 2 is 2.04 bits per heavy atom. The smallest absolute Gasteiger partial charge is 0.252 e. The van der Waals surface area contributed by atoms with Crippen molar-refractivity contribution in [3.8, 4) is 0 Å². The largest absolute Gasteiger partial charge is 0.341 e. The van der Waals surface area contributed by atoms with Crippen molar-refractivity contribution in [2.45, 2.75) is 26.3 Å². The van der Waals surface area contributed by atoms with Crippen LogP contribution >= 0.6 is 11.3 Å². The van der Waals surface area contributed by atoms with E-state index < -0.39 is 0 Å². The van der Waals surface area contributed by atoms with Crippen LogP contribution in [-0.4, -0.2) is 46.9 Å². The molecule has 0 spiro atoms. The van der Waals surface area contributed by atoms with Gasteiger partial charge in [-0.25, -0.2) is 0 Å². The first-order valence-corrected chi connectivity index (χ1v) is 10.6. The highest BCUT2D eigenvalue weighted by molar-refractivity contribution is 7.10. The van der Waals surface area contributed by atoms with Gasteiger partial charge in [0, 0.05) is 43.2 Å². The van der Waals surface area contributed by atoms with Gasteiger partial charge in [0.05, 0.1) is 11.9 Å². The second kappa shape index (κ2) is 8.29. The van der Waals surface area contributed by atoms with E-state index in [2.05, 4.69) is 9.88 Å². The zero-order valence-electron chi connectivity index (χ0n) is 16.1. The molecule has 0 radical (unpaired) electrons. The Hall–Kier alpha value is -2.44. The van der Waals surface area contributed by atoms with Gasteiger partial charge >= 0.3 is 0 Å². The first kappa shape index (κ1) is 18.9. The average Bonchev–Trinajstić information content (AvgIpc) is 3.07. The monoisotopic (exact) mass is 395 g/mol. The lowest BCUT2D eigenvalue weighted by Gasteiger charge is -2.22. The normalized spacial score (nSPS) is 15.7. The van der Waals surface area contributed by atoms with Gasteiger partial charge in [-0.2, -0.15) is 0 Å². The SMILES string of the molecule is Cc1cccc2cc(CN3CCCN(C(=O)Cc4cccs4)CC3)c(=O)[nH]c12. The lowest BCUT2D eigenvalue weighted by Crippen LogP contribution is -2.36. The summed E-state index contributed by atoms with van der Waals surface area (Å²) < 4.78 is 0. The third-order valence-electron chi connectivity index (χ3n) is 5.41. The van der Waals surface area contributed by atoms with E-state index in [1.807, 2.05) is 53.6 Å². The molecule has 1 amide bonds. The molecule has 0 saturated carbocycles. The Bertz CT molecular complexity index is 1030. The third kappa shape index (κ3) is 4.18. The first-order valence-electron chi connectivity index (χ1n) is 9.74. The second-order valence-electron chi connectivity index (χ2n) is 7.43. The number of fused-ring (bicyclic) bond motifs is 1. The summed E-state index contributed by atoms with van der Waals surface area (Å²) in [6, 6.07) is 12.1. The van der Waals surface area contributed by atoms with E-state index in [-0.39, 0.29) is 11.5 Å². The van der Waals surface area contributed by atoms with Crippen molar-refractivity contribution in [2.24, 2.45) is 0 Å². The summed E-state index contributed by atoms with van der Waals surface area (Å²) in [6.07, 6.45) is 1.42. The van der Waals surface area contributed by atoms with Crippen LogP contribution in [0.25, 0.3) is 10.9 Å². The Kier molecular flexibility index (Phi) is 5.59. The van der Waals surface area contributed by atoms with Crippen LogP contribution in [0, 0.1) is 6.92 Å². The van der Waals surface area contributed by atoms with Crippen LogP contribution in [0.2, 0.25) is 0 Å². The van der Waals surface area contributed by atoms with E-state index >= 15 is 0 Å². The van der Waals surface area contributed by atoms with Crippen molar-refractivity contribution in [1.82, 2.24) is 14.8 Å². The highest BCUT2D eigenvalue weighted by atomic mass is 32.1. The van der Waals surface area contributed by atoms with Gasteiger partial charge in [-0.3, -0.25) is 14.5 Å². The number of nitrogens with one attached hydrogen (secondary N) is 1. The van der Waals surface area contributed by atoms with Gasteiger partial charge < -0.3 is 9.88 Å². The Morgan fingerprint density at radius 3 is 2.86 bits per heavy atom. The molecule has 0 aliphatic carbocycles. The Labute approximate surface area is 168 Å². The zero-order valence-corrected chi connectivity index (χ0v) is 16.9. The van der Waals surface area contributed by atoms with Crippen molar-refractivity contribution in [2.75, 3.05) is 26.2 Å². The van der Waals surface area contributed by atoms with E-state index in [0.717, 1.165) is 59.5 Å². The molecule has 3 aromatic rings. The van der Waals surface area contributed by atoms with E-state index in [9.17, 15) is 9.59 Å². The Morgan fingerprint density at radius 1 is 1.14 bits per heavy atom. The molecule has 0 bridgehead atoms. The van der Waals surface area contributed by atoms with Gasteiger partial charge in [0.2, 0.25) is 5.91 Å². The first-order chi connectivity index (χ1) is 13.6. The van der Waals surface area contributed by atoms with E-state index in [4.69, 9.17) is 0 Å². The van der Waals surface area contributed by atoms with E-state index in [1.165, 1.54) is 0 Å². The van der Waals surface area contributed by atoms with Gasteiger partial charge in [-0.1, -0.05) is 24.3 Å². The number of carbonyl (C=O) groups excluding carboxylic acids is 1. The van der Waals surface area contributed by atoms with Crippen molar-refractivity contribution >= 4 is 28.1 Å². The maximum absolute atomic E-state index is 12.6. The lowest BCUT2D eigenvalue weighted by atomic mass is 10.1. The summed E-state index contributed by atoms with van der Waals surface area (Å²) in [7, 11) is 0. The van der Waals surface area contributed by atoms with Gasteiger partial charge in [0.25, 0.3) is 5.56 Å². The van der Waals surface area contributed by atoms with Crippen molar-refractivity contribution in [3.63, 3.8) is 0 Å². The number of aromatic nitrogens is 1. The van der Waals surface area contributed by atoms with E-state index in [0.29, 0.717) is 13.0 Å². The summed E-state index contributed by atoms with van der Waals surface area (Å²) in [4.78, 5) is 33.5. The molecule has 2 aromatic heterocycles. The lowest BCUT2D eigenvalue weighted by molar-refractivity contribution is -0.130. The molecule has 146 valence electrons. The summed E-state index contributed by atoms with van der Waals surface area (Å²) in [5, 5.41) is 3.08. The predicted octanol–water partition coefficient (Wildman–Crippen LogP) is 3.18. The molecule has 1 aliphatic rings. The number of carbonyl (C=O) groups is 1. The van der Waals surface area contributed by atoms with Crippen LogP contribution in [0.5, 0.6) is 0 Å². The molecule has 6 heteroatoms. The zero-order chi connectivity index (χ0) is 19.5. The van der Waals surface area contributed by atoms with Crippen molar-refractivity contribution < 1.29 is 4.79 Å². The summed E-state index contributed by atoms with van der Waals surface area (Å²) >= 11 is 1.63. The minimum Gasteiger partial charge on any atom is -0.341 e. The molecular formula is C22H25N3O2S. The number of hydrogen-bond acceptors (Lipinski definition) is 4. The molecule has 1 saturated heterocycles. The second-order valence-corrected chi connectivity index (χ2v) is 8.46. The molecule has 1 N–H and O–H groups in total. The third-order valence-corrected chi connectivity index (χ3v) is 6.28. The topological polar surface area (TPSA) is 56.4 Å². The molecule has 1 aliphatic heterocycles. The number of H-pyrrole nitrogens is 1. The minimum atomic E-state index is -0.0170. The van der Waals surface area contributed by atoms with E-state index in [1.54, 1.807) is 11.3 Å². The van der Waals surface area contributed by atoms with Gasteiger partial charge in [-0.15, -0.1) is 11.3 Å². The fourth-order valence-electron chi connectivity index (χ4n) is 3.84. The van der Waals surface area contributed by atoms with Crippen LogP contribution < -0.4 is 5.56 Å². The number of aryl methyl sites for hydroxylation is 1. The molecule has 5 nitrogen and oxygen atoms in total. The highest BCUT2D eigenvalue weighted by Gasteiger charge is 2.20. The summed E-state index contributed by atoms with van der Waals surface area (Å²) in [5.74, 6) is 0.198. The van der Waals surface area contributed by atoms with Crippen LogP contribution in [0.3, 0.4) is 0 Å². The number of amides is 1. The number of aromatic amines is 1. The summed E-state index contributed by atoms with van der Waals surface area (Å²) in [5.41, 5.74) is 2.77. The van der Waals surface area contributed by atoms with Crippen molar-refractivity contribution in [1.29, 1.82) is 0 Å². The number of nitrogens with zero attached hydrogens (tertiary/aromatic N) is 2. The molecule has 4 rings (SSSR count). The number of rotatable bonds is 4. The number of para-hydroxylation sites is 1. The molecule has 0 atom stereocenters. The molecule has 28 heavy (non-hydrogen) atoms. The molecule has 1 aromatic carbocycles. The maximum Gasteiger partial charge on any atom is 0.252 e. The average molecular weight is 396 g/mol. The standard InChI is InChI=1S/C22H25N3O2S/c1-16-5-2-6-17-13-18(22(27)23-21(16)17)15-24-8-4-9-25(11-10-24)20(26)14-19-7-3-12-28-19/h2-3,5-7,12-13H,4,8-11,14-15H2,1H3,(H,23,27). The van der Waals surface area contributed by atoms with Crippen molar-refractivity contribution in [3.05, 3.63) is 68.1 Å². The van der Waals surface area contributed by atoms with Crippen LogP contribution in [-0.2, 0) is 17.8 Å².